The number of carbonyl (C=O) groups excluding carboxylic acids is 2. The van der Waals surface area contributed by atoms with Crippen molar-refractivity contribution < 1.29 is 19.5 Å². The molecule has 1 heterocycles. The molecule has 138 valence electrons. The number of hydrogen-bond acceptors (Lipinski definition) is 3. The van der Waals surface area contributed by atoms with Gasteiger partial charge in [0.2, 0.25) is 11.8 Å². The second kappa shape index (κ2) is 7.72. The molecule has 6 heteroatoms. The first-order chi connectivity index (χ1) is 12.5. The van der Waals surface area contributed by atoms with Gasteiger partial charge in [0.25, 0.3) is 0 Å². The molecule has 1 aromatic carbocycles. The first-order valence-electron chi connectivity index (χ1n) is 9.14. The Morgan fingerprint density at radius 2 is 1.77 bits per heavy atom. The minimum absolute atomic E-state index is 0.138. The van der Waals surface area contributed by atoms with Gasteiger partial charge in [-0.2, -0.15) is 0 Å². The number of benzene rings is 1. The summed E-state index contributed by atoms with van der Waals surface area (Å²) in [4.78, 5) is 37.3. The zero-order chi connectivity index (χ0) is 18.6. The normalized spacial score (nSPS) is 19.7. The summed E-state index contributed by atoms with van der Waals surface area (Å²) in [5, 5.41) is 12.2. The van der Waals surface area contributed by atoms with Gasteiger partial charge in [0.1, 0.15) is 5.54 Å². The van der Waals surface area contributed by atoms with E-state index in [9.17, 15) is 19.5 Å². The number of rotatable bonds is 5. The molecule has 2 amide bonds. The van der Waals surface area contributed by atoms with E-state index in [0.29, 0.717) is 19.3 Å². The summed E-state index contributed by atoms with van der Waals surface area (Å²) in [6, 6.07) is 7.41. The van der Waals surface area contributed by atoms with Crippen LogP contribution in [0.5, 0.6) is 0 Å². The molecule has 26 heavy (non-hydrogen) atoms. The van der Waals surface area contributed by atoms with Gasteiger partial charge in [-0.1, -0.05) is 31.4 Å². The second-order valence-corrected chi connectivity index (χ2v) is 7.01. The molecule has 1 aromatic rings. The van der Waals surface area contributed by atoms with E-state index in [1.807, 2.05) is 24.3 Å². The monoisotopic (exact) mass is 356 g/mol. The minimum Gasteiger partial charge on any atom is -0.480 e. The fourth-order valence-corrected chi connectivity index (χ4v) is 3.68. The maximum atomic E-state index is 12.2. The third-order valence-corrected chi connectivity index (χ3v) is 5.18. The maximum absolute atomic E-state index is 12.2. The summed E-state index contributed by atoms with van der Waals surface area (Å²) in [6.45, 7) is 0.744. The van der Waals surface area contributed by atoms with Crippen LogP contribution in [0.2, 0.25) is 0 Å². The Bertz CT molecular complexity index is 718. The smallest absolute Gasteiger partial charge is 0.329 e. The first-order valence-corrected chi connectivity index (χ1v) is 9.14. The van der Waals surface area contributed by atoms with Crippen LogP contribution in [-0.4, -0.2) is 35.0 Å². The zero-order valence-electron chi connectivity index (χ0n) is 14.7. The van der Waals surface area contributed by atoms with Crippen molar-refractivity contribution in [3.63, 3.8) is 0 Å². The Kier molecular flexibility index (Phi) is 5.40. The summed E-state index contributed by atoms with van der Waals surface area (Å²) < 4.78 is 0. The lowest BCUT2D eigenvalue weighted by molar-refractivity contribution is -0.148. The molecule has 1 saturated carbocycles. The molecule has 2 fully saturated rings. The molecule has 0 aromatic heterocycles. The Balaban J connectivity index is 1.62. The van der Waals surface area contributed by atoms with E-state index >= 15 is 0 Å². The minimum atomic E-state index is -1.14. The van der Waals surface area contributed by atoms with Gasteiger partial charge in [-0.05, 0) is 43.0 Å². The molecule has 1 saturated heterocycles. The van der Waals surface area contributed by atoms with Crippen molar-refractivity contribution in [1.82, 2.24) is 5.32 Å². The average molecular weight is 356 g/mol. The Morgan fingerprint density at radius 1 is 1.08 bits per heavy atom. The summed E-state index contributed by atoms with van der Waals surface area (Å²) in [5.41, 5.74) is 0.546. The van der Waals surface area contributed by atoms with E-state index in [4.69, 9.17) is 0 Å². The number of amides is 2. The molecule has 2 aliphatic rings. The molecule has 0 spiro atoms. The third kappa shape index (κ3) is 3.95. The molecule has 0 bridgehead atoms. The van der Waals surface area contributed by atoms with Crippen molar-refractivity contribution in [3.05, 3.63) is 35.9 Å². The second-order valence-electron chi connectivity index (χ2n) is 7.01. The molecular formula is C20H24N2O4. The lowest BCUT2D eigenvalue weighted by Gasteiger charge is -2.33. The third-order valence-electron chi connectivity index (χ3n) is 5.18. The topological polar surface area (TPSA) is 86.7 Å². The average Bonchev–Trinajstić information content (AvgIpc) is 3.07. The number of carboxylic acids is 1. The maximum Gasteiger partial charge on any atom is 0.329 e. The van der Waals surface area contributed by atoms with Gasteiger partial charge in [-0.15, -0.1) is 0 Å². The molecule has 6 nitrogen and oxygen atoms in total. The van der Waals surface area contributed by atoms with Gasteiger partial charge in [-0.3, -0.25) is 9.59 Å². The lowest BCUT2D eigenvalue weighted by Crippen LogP contribution is -2.55. The fraction of sp³-hybridized carbons (Fsp3) is 0.450. The van der Waals surface area contributed by atoms with E-state index in [1.165, 1.54) is 6.08 Å². The van der Waals surface area contributed by atoms with Crippen molar-refractivity contribution in [2.45, 2.75) is 50.5 Å². The summed E-state index contributed by atoms with van der Waals surface area (Å²) in [5.74, 6) is -1.22. The molecule has 0 unspecified atom stereocenters. The Labute approximate surface area is 152 Å². The van der Waals surface area contributed by atoms with Crippen molar-refractivity contribution >= 4 is 29.5 Å². The SMILES string of the molecule is O=C(C=Cc1ccc(N2CCCC2=O)cc1)NC1(C(=O)O)CCCCC1. The number of carbonyl (C=O) groups is 3. The number of aliphatic carboxylic acids is 1. The predicted octanol–water partition coefficient (Wildman–Crippen LogP) is 2.73. The standard InChI is InChI=1S/C20H24N2O4/c23-17(21-20(19(25)26)12-2-1-3-13-20)11-8-15-6-9-16(10-7-15)22-14-4-5-18(22)24/h6-11H,1-5,12-14H2,(H,21,23)(H,25,26). The van der Waals surface area contributed by atoms with Gasteiger partial charge in [0.15, 0.2) is 0 Å². The van der Waals surface area contributed by atoms with Crippen LogP contribution in [0, 0.1) is 0 Å². The highest BCUT2D eigenvalue weighted by molar-refractivity contribution is 5.97. The van der Waals surface area contributed by atoms with E-state index in [0.717, 1.165) is 43.5 Å². The van der Waals surface area contributed by atoms with Crippen LogP contribution in [0.15, 0.2) is 30.3 Å². The van der Waals surface area contributed by atoms with Crippen LogP contribution < -0.4 is 10.2 Å². The lowest BCUT2D eigenvalue weighted by atomic mass is 9.81. The van der Waals surface area contributed by atoms with Crippen LogP contribution in [0.25, 0.3) is 6.08 Å². The van der Waals surface area contributed by atoms with Crippen LogP contribution in [0.3, 0.4) is 0 Å². The number of nitrogens with zero attached hydrogens (tertiary/aromatic N) is 1. The van der Waals surface area contributed by atoms with Crippen LogP contribution in [0.4, 0.5) is 5.69 Å². The van der Waals surface area contributed by atoms with Crippen LogP contribution >= 0.6 is 0 Å². The molecule has 2 N–H and O–H groups in total. The molecular weight excluding hydrogens is 332 g/mol. The number of carboxylic acid groups (broad SMARTS) is 1. The molecule has 1 aliphatic heterocycles. The Hall–Kier alpha value is -2.63. The molecule has 1 aliphatic carbocycles. The first kappa shape index (κ1) is 18.2. The highest BCUT2D eigenvalue weighted by atomic mass is 16.4. The Morgan fingerprint density at radius 3 is 2.35 bits per heavy atom. The molecule has 3 rings (SSSR count). The van der Waals surface area contributed by atoms with Gasteiger partial charge >= 0.3 is 5.97 Å². The predicted molar refractivity (Wildman–Crippen MR) is 98.7 cm³/mol. The number of anilines is 1. The van der Waals surface area contributed by atoms with Crippen molar-refractivity contribution in [2.24, 2.45) is 0 Å². The molecule has 0 radical (unpaired) electrons. The summed E-state index contributed by atoms with van der Waals surface area (Å²) in [7, 11) is 0. The highest BCUT2D eigenvalue weighted by Crippen LogP contribution is 2.28. The van der Waals surface area contributed by atoms with Crippen LogP contribution in [0.1, 0.15) is 50.5 Å². The van der Waals surface area contributed by atoms with Gasteiger partial charge in [0, 0.05) is 24.7 Å². The van der Waals surface area contributed by atoms with Crippen molar-refractivity contribution in [3.8, 4) is 0 Å². The summed E-state index contributed by atoms with van der Waals surface area (Å²) in [6.07, 6.45) is 8.07. The van der Waals surface area contributed by atoms with E-state index in [2.05, 4.69) is 5.32 Å². The van der Waals surface area contributed by atoms with E-state index in [-0.39, 0.29) is 5.91 Å². The fourth-order valence-electron chi connectivity index (χ4n) is 3.68. The van der Waals surface area contributed by atoms with Gasteiger partial charge in [-0.25, -0.2) is 4.79 Å². The molecule has 0 atom stereocenters. The number of hydrogen-bond donors (Lipinski definition) is 2. The number of nitrogens with one attached hydrogen (secondary N) is 1. The summed E-state index contributed by atoms with van der Waals surface area (Å²) >= 11 is 0. The van der Waals surface area contributed by atoms with Crippen molar-refractivity contribution in [1.29, 1.82) is 0 Å². The van der Waals surface area contributed by atoms with Crippen LogP contribution in [-0.2, 0) is 14.4 Å². The van der Waals surface area contributed by atoms with E-state index in [1.54, 1.807) is 11.0 Å². The zero-order valence-corrected chi connectivity index (χ0v) is 14.7. The highest BCUT2D eigenvalue weighted by Gasteiger charge is 2.40. The largest absolute Gasteiger partial charge is 0.480 e. The van der Waals surface area contributed by atoms with E-state index < -0.39 is 17.4 Å². The van der Waals surface area contributed by atoms with Crippen molar-refractivity contribution in [2.75, 3.05) is 11.4 Å². The van der Waals surface area contributed by atoms with Gasteiger partial charge < -0.3 is 15.3 Å². The quantitative estimate of drug-likeness (QED) is 0.794. The van der Waals surface area contributed by atoms with Gasteiger partial charge in [0.05, 0.1) is 0 Å².